The van der Waals surface area contributed by atoms with E-state index >= 15 is 0 Å². The number of carboxylic acids is 2. The van der Waals surface area contributed by atoms with Crippen molar-refractivity contribution >= 4 is 102 Å². The number of aromatic nitrogens is 3. The Balaban J connectivity index is 0.000000266. The van der Waals surface area contributed by atoms with Crippen LogP contribution in [0.15, 0.2) is 188 Å². The third kappa shape index (κ3) is 14.7. The van der Waals surface area contributed by atoms with Crippen molar-refractivity contribution in [1.29, 1.82) is 5.41 Å². The van der Waals surface area contributed by atoms with E-state index in [1.165, 1.54) is 71.6 Å². The third-order valence-corrected chi connectivity index (χ3v) is 14.4. The van der Waals surface area contributed by atoms with Crippen LogP contribution in [0.3, 0.4) is 0 Å². The molecule has 2 aliphatic rings. The number of allylic oxidation sites excluding steroid dienone is 4. The molecule has 410 valence electrons. The standard InChI is InChI=1S/C43H29N4O4.C19H23F3N3S.CNS.Ru/c48-42(49)28-20-22-45-37(24-28)39-26-29(43(50)51)25-38(46-39)36-23-27(19-21-44-36)40-32-15-7-9-17-34(32)41(35-18-10-8-16-33(35)40)47(30-11-3-1-4-12-30)31-13-5-2-6-14-31;1-2-3-4-5-6-13-8-10-26-18(13)14-7-9-25-16(11-14)15(23)12-17(24)19(20,21)22;2-1-3;/h1-26,36H,(H,48,49)(H,50,51);7,9,11-12,23-24H,2-6,8,10H2,1H3;;/q3*-1;+2/b;15-12-,24-17?;;. The minimum Gasteiger partial charge on any atom is -0.753 e. The van der Waals surface area contributed by atoms with Crippen molar-refractivity contribution in [2.24, 2.45) is 0 Å². The zero-order chi connectivity index (χ0) is 56.8. The van der Waals surface area contributed by atoms with E-state index in [2.05, 4.69) is 94.7 Å². The van der Waals surface area contributed by atoms with Gasteiger partial charge in [0, 0.05) is 56.6 Å². The predicted molar refractivity (Wildman–Crippen MR) is 320 cm³/mol. The van der Waals surface area contributed by atoms with E-state index in [0.717, 1.165) is 80.3 Å². The molecular weight excluding hydrogens is 1150 g/mol. The molecule has 0 fully saturated rings. The quantitative estimate of drug-likeness (QED) is 0.0275. The summed E-state index contributed by atoms with van der Waals surface area (Å²) < 4.78 is 37.5. The van der Waals surface area contributed by atoms with Gasteiger partial charge in [-0.2, -0.15) is 24.5 Å². The average Bonchev–Trinajstić information content (AvgIpc) is 4.13. The molecule has 81 heavy (non-hydrogen) atoms. The van der Waals surface area contributed by atoms with E-state index in [0.29, 0.717) is 11.8 Å². The number of isothiocyanates is 1. The zero-order valence-corrected chi connectivity index (χ0v) is 46.9. The molecule has 2 aliphatic heterocycles. The fourth-order valence-corrected chi connectivity index (χ4v) is 10.8. The molecule has 0 spiro atoms. The molecule has 0 saturated carbocycles. The summed E-state index contributed by atoms with van der Waals surface area (Å²) in [6, 6.07) is 46.0. The normalized spacial score (nSPS) is 13.8. The number of carbonyl (C=O) groups is 2. The molecule has 0 aliphatic carbocycles. The number of anilines is 3. The number of nitrogens with zero attached hydrogens (tertiary/aromatic N) is 6. The van der Waals surface area contributed by atoms with Crippen LogP contribution in [0.4, 0.5) is 30.2 Å². The minimum atomic E-state index is -4.75. The first-order valence-corrected chi connectivity index (χ1v) is 26.9. The summed E-state index contributed by atoms with van der Waals surface area (Å²) >= 11 is 5.45. The second-order valence-corrected chi connectivity index (χ2v) is 19.7. The molecule has 1 unspecified atom stereocenters. The Labute approximate surface area is 489 Å². The number of carboxylic acid groups (broad SMARTS) is 2. The maximum absolute atomic E-state index is 12.5. The van der Waals surface area contributed by atoms with Crippen LogP contribution in [0, 0.1) is 5.41 Å². The van der Waals surface area contributed by atoms with Crippen molar-refractivity contribution in [3.8, 4) is 11.4 Å². The molecule has 12 nitrogen and oxygen atoms in total. The van der Waals surface area contributed by atoms with E-state index in [4.69, 9.17) is 26.9 Å². The van der Waals surface area contributed by atoms with Crippen LogP contribution in [-0.4, -0.2) is 59.9 Å². The largest absolute Gasteiger partial charge is 2.00 e. The van der Waals surface area contributed by atoms with Crippen molar-refractivity contribution in [1.82, 2.24) is 15.0 Å². The van der Waals surface area contributed by atoms with Crippen molar-refractivity contribution in [2.75, 3.05) is 10.7 Å². The Bertz CT molecular complexity index is 3660. The van der Waals surface area contributed by atoms with Crippen molar-refractivity contribution < 1.29 is 52.5 Å². The summed E-state index contributed by atoms with van der Waals surface area (Å²) in [5, 5.41) is 44.0. The number of benzene rings is 5. The second kappa shape index (κ2) is 28.2. The number of thioether (sulfide) groups is 1. The monoisotopic (exact) mass is 1210 g/mol. The Hall–Kier alpha value is -8.40. The maximum Gasteiger partial charge on any atom is 2.00 e. The summed E-state index contributed by atoms with van der Waals surface area (Å²) in [5.74, 6) is -1.24. The van der Waals surface area contributed by atoms with E-state index in [1.54, 1.807) is 24.0 Å². The minimum absolute atomic E-state index is 0. The smallest absolute Gasteiger partial charge is 0.753 e. The van der Waals surface area contributed by atoms with Crippen LogP contribution < -0.4 is 4.90 Å². The molecule has 8 aromatic rings. The first kappa shape index (κ1) is 60.2. The number of pyridine rings is 3. The van der Waals surface area contributed by atoms with Crippen molar-refractivity contribution in [3.05, 3.63) is 238 Å². The summed E-state index contributed by atoms with van der Waals surface area (Å²) in [5.41, 5.74) is 14.3. The molecule has 0 saturated heterocycles. The number of hydrogen-bond acceptors (Lipinski definition) is 9. The molecule has 18 heteroatoms. The number of para-hydroxylation sites is 2. The Morgan fingerprint density at radius 2 is 1.40 bits per heavy atom. The van der Waals surface area contributed by atoms with Crippen LogP contribution in [0.2, 0.25) is 0 Å². The molecule has 3 aromatic heterocycles. The number of rotatable bonds is 16. The molecule has 0 amide bonds. The van der Waals surface area contributed by atoms with Gasteiger partial charge in [0.15, 0.2) is 0 Å². The van der Waals surface area contributed by atoms with Gasteiger partial charge in [-0.3, -0.25) is 20.4 Å². The second-order valence-electron chi connectivity index (χ2n) is 18.4. The molecule has 5 aromatic carbocycles. The zero-order valence-electron chi connectivity index (χ0n) is 43.5. The van der Waals surface area contributed by atoms with E-state index < -0.39 is 35.6 Å². The molecule has 0 bridgehead atoms. The van der Waals surface area contributed by atoms with E-state index in [-0.39, 0.29) is 47.7 Å². The van der Waals surface area contributed by atoms with Gasteiger partial charge in [0.25, 0.3) is 0 Å². The molecule has 1 atom stereocenters. The number of halogens is 3. The maximum atomic E-state index is 12.5. The first-order chi connectivity index (χ1) is 38.7. The Morgan fingerprint density at radius 3 is 1.99 bits per heavy atom. The number of hydrogen-bond donors (Lipinski definition) is 3. The number of fused-ring (bicyclic) bond motifs is 2. The molecule has 0 radical (unpaired) electrons. The molecule has 4 N–H and O–H groups in total. The predicted octanol–water partition coefficient (Wildman–Crippen LogP) is 17.9. The number of aromatic carboxylic acids is 2. The Morgan fingerprint density at radius 1 is 0.815 bits per heavy atom. The van der Waals surface area contributed by atoms with Crippen molar-refractivity contribution in [3.63, 3.8) is 0 Å². The van der Waals surface area contributed by atoms with Crippen LogP contribution in [0.5, 0.6) is 0 Å². The fraction of sp³-hybridized carbons (Fsp3) is 0.159. The first-order valence-electron chi connectivity index (χ1n) is 25.5. The van der Waals surface area contributed by atoms with Crippen molar-refractivity contribution in [2.45, 2.75) is 57.7 Å². The van der Waals surface area contributed by atoms with Crippen LogP contribution in [0.25, 0.3) is 65.6 Å². The summed E-state index contributed by atoms with van der Waals surface area (Å²) in [4.78, 5) is 40.5. The third-order valence-electron chi connectivity index (χ3n) is 13.1. The summed E-state index contributed by atoms with van der Waals surface area (Å²) in [6.07, 6.45) is 11.2. The average molecular weight is 1210 g/mol. The Kier molecular flexibility index (Phi) is 20.9. The molecule has 5 heterocycles. The molecule has 10 rings (SSSR count). The van der Waals surface area contributed by atoms with Crippen LogP contribution >= 0.6 is 24.0 Å². The fourth-order valence-electron chi connectivity index (χ4n) is 9.50. The number of alkyl halides is 3. The van der Waals surface area contributed by atoms with Gasteiger partial charge in [-0.15, -0.1) is 17.5 Å². The topological polar surface area (TPSA) is 201 Å². The van der Waals surface area contributed by atoms with Gasteiger partial charge in [0.05, 0.1) is 28.2 Å². The SMILES string of the molecule is CCCCCCC1=C(c2ccnc(/C([NH-])=C/C(=N)C(F)(F)F)c2)SCC1.O=C(O)c1ccnc(-c2cc(C(=O)O)cc(C3C=C(c4c5ccccc5c(N(c5ccccc5)c5ccccc5)c5ccccc45)C=C[N-]3)n2)c1.[N-]=C=S.[Ru+2]. The van der Waals surface area contributed by atoms with Crippen LogP contribution in [-0.2, 0) is 19.5 Å². The molecular formula is C63H52F3N8O4RuS2-. The van der Waals surface area contributed by atoms with E-state index in [9.17, 15) is 33.0 Å². The summed E-state index contributed by atoms with van der Waals surface area (Å²) in [6.45, 7) is 2.18. The number of unbranched alkanes of at least 4 members (excludes halogenated alkanes) is 3. The summed E-state index contributed by atoms with van der Waals surface area (Å²) in [7, 11) is 0. The van der Waals surface area contributed by atoms with Gasteiger partial charge in [-0.25, -0.2) is 9.59 Å². The van der Waals surface area contributed by atoms with E-state index in [1.807, 2.05) is 66.7 Å². The number of nitrogens with one attached hydrogen (secondary N) is 2. The van der Waals surface area contributed by atoms with Gasteiger partial charge in [-0.1, -0.05) is 147 Å². The van der Waals surface area contributed by atoms with Gasteiger partial charge < -0.3 is 31.6 Å². The van der Waals surface area contributed by atoms with Gasteiger partial charge in [-0.05, 0) is 113 Å². The van der Waals surface area contributed by atoms with Crippen LogP contribution in [0.1, 0.15) is 94.7 Å². The number of thiocarbonyl (C=S) groups is 1. The van der Waals surface area contributed by atoms with Gasteiger partial charge >= 0.3 is 37.6 Å². The van der Waals surface area contributed by atoms with Gasteiger partial charge in [0.2, 0.25) is 0 Å². The van der Waals surface area contributed by atoms with Gasteiger partial charge in [0.1, 0.15) is 5.71 Å².